The van der Waals surface area contributed by atoms with E-state index < -0.39 is 15.9 Å². The second kappa shape index (κ2) is 7.32. The molecule has 0 aromatic heterocycles. The second-order valence-corrected chi connectivity index (χ2v) is 8.33. The molecule has 1 heterocycles. The van der Waals surface area contributed by atoms with Crippen LogP contribution in [0.2, 0.25) is 5.02 Å². The smallest absolute Gasteiger partial charge is 0.268 e. The summed E-state index contributed by atoms with van der Waals surface area (Å²) in [7, 11) is -3.91. The van der Waals surface area contributed by atoms with E-state index in [0.717, 1.165) is 9.87 Å². The van der Waals surface area contributed by atoms with E-state index in [4.69, 9.17) is 11.6 Å². The Morgan fingerprint density at radius 2 is 1.85 bits per heavy atom. The van der Waals surface area contributed by atoms with Crippen LogP contribution >= 0.6 is 11.6 Å². The largest absolute Gasteiger partial charge is 0.335 e. The Balaban J connectivity index is 1.94. The molecule has 2 amide bonds. The lowest BCUT2D eigenvalue weighted by molar-refractivity contribution is 0.0751. The Morgan fingerprint density at radius 3 is 2.48 bits per heavy atom. The minimum absolute atomic E-state index is 0.0483. The lowest BCUT2D eigenvalue weighted by Gasteiger charge is -2.22. The average Bonchev–Trinajstić information content (AvgIpc) is 2.85. The fourth-order valence-electron chi connectivity index (χ4n) is 3.06. The molecule has 0 saturated carbocycles. The van der Waals surface area contributed by atoms with E-state index in [-0.39, 0.29) is 28.5 Å². The zero-order valence-electron chi connectivity index (χ0n) is 15.0. The van der Waals surface area contributed by atoms with Crippen molar-refractivity contribution in [2.45, 2.75) is 25.3 Å². The molecule has 0 aliphatic carbocycles. The van der Waals surface area contributed by atoms with Crippen molar-refractivity contribution >= 4 is 33.4 Å². The molecule has 0 spiro atoms. The Bertz CT molecular complexity index is 1020. The van der Waals surface area contributed by atoms with E-state index >= 15 is 0 Å². The normalized spacial score (nSPS) is 14.9. The number of nitrogens with zero attached hydrogens (tertiary/aromatic N) is 2. The molecule has 27 heavy (non-hydrogen) atoms. The number of sulfonamides is 1. The number of carbonyl (C=O) groups is 2. The number of rotatable bonds is 5. The first-order valence-electron chi connectivity index (χ1n) is 8.55. The van der Waals surface area contributed by atoms with Gasteiger partial charge in [0.2, 0.25) is 0 Å². The summed E-state index contributed by atoms with van der Waals surface area (Å²) in [4.78, 5) is 26.6. The maximum absolute atomic E-state index is 12.9. The van der Waals surface area contributed by atoms with Crippen LogP contribution in [0.1, 0.15) is 40.1 Å². The van der Waals surface area contributed by atoms with Crippen LogP contribution in [0.3, 0.4) is 0 Å². The van der Waals surface area contributed by atoms with Crippen molar-refractivity contribution < 1.29 is 18.0 Å². The first-order valence-corrected chi connectivity index (χ1v) is 10.4. The van der Waals surface area contributed by atoms with Crippen molar-refractivity contribution in [3.05, 3.63) is 64.2 Å². The molecule has 2 aromatic carbocycles. The van der Waals surface area contributed by atoms with Crippen LogP contribution in [0.15, 0.2) is 47.4 Å². The predicted octanol–water partition coefficient (Wildman–Crippen LogP) is 3.17. The Labute approximate surface area is 163 Å². The number of halogens is 1. The van der Waals surface area contributed by atoms with Crippen LogP contribution in [0.4, 0.5) is 0 Å². The van der Waals surface area contributed by atoms with E-state index in [1.807, 2.05) is 25.1 Å². The van der Waals surface area contributed by atoms with Crippen molar-refractivity contribution in [3.8, 4) is 0 Å². The molecule has 0 N–H and O–H groups in total. The molecule has 1 aliphatic rings. The fourth-order valence-corrected chi connectivity index (χ4v) is 4.86. The summed E-state index contributed by atoms with van der Waals surface area (Å²) in [5, 5.41) is 0.560. The summed E-state index contributed by atoms with van der Waals surface area (Å²) in [6.07, 6.45) is 0. The van der Waals surface area contributed by atoms with Gasteiger partial charge in [0.1, 0.15) is 4.90 Å². The highest BCUT2D eigenvalue weighted by atomic mass is 35.5. The molecule has 6 nitrogen and oxygen atoms in total. The number of amides is 2. The van der Waals surface area contributed by atoms with Crippen molar-refractivity contribution in [2.75, 3.05) is 13.1 Å². The van der Waals surface area contributed by atoms with Crippen LogP contribution in [0.5, 0.6) is 0 Å². The number of hydrogen-bond acceptors (Lipinski definition) is 4. The minimum atomic E-state index is -3.91. The van der Waals surface area contributed by atoms with Crippen molar-refractivity contribution in [1.82, 2.24) is 9.21 Å². The summed E-state index contributed by atoms with van der Waals surface area (Å²) in [6, 6.07) is 11.4. The summed E-state index contributed by atoms with van der Waals surface area (Å²) in [5.41, 5.74) is 1.12. The van der Waals surface area contributed by atoms with Gasteiger partial charge in [0, 0.05) is 30.2 Å². The first kappa shape index (κ1) is 19.4. The highest BCUT2D eigenvalue weighted by molar-refractivity contribution is 7.90. The van der Waals surface area contributed by atoms with Crippen LogP contribution < -0.4 is 0 Å². The molecular formula is C19H19ClN2O4S. The topological polar surface area (TPSA) is 74.8 Å². The van der Waals surface area contributed by atoms with E-state index in [1.165, 1.54) is 18.2 Å². The fraction of sp³-hybridized carbons (Fsp3) is 0.263. The molecule has 1 aliphatic heterocycles. The lowest BCUT2D eigenvalue weighted by Crippen LogP contribution is -2.30. The lowest BCUT2D eigenvalue weighted by atomic mass is 10.1. The second-order valence-electron chi connectivity index (χ2n) is 6.10. The monoisotopic (exact) mass is 406 g/mol. The maximum atomic E-state index is 12.9. The highest BCUT2D eigenvalue weighted by Crippen LogP contribution is 2.31. The van der Waals surface area contributed by atoms with Crippen molar-refractivity contribution in [2.24, 2.45) is 0 Å². The number of fused-ring (bicyclic) bond motifs is 1. The van der Waals surface area contributed by atoms with Gasteiger partial charge in [-0.05, 0) is 43.7 Å². The third-order valence-electron chi connectivity index (χ3n) is 4.53. The number of benzene rings is 2. The van der Waals surface area contributed by atoms with E-state index in [0.29, 0.717) is 18.1 Å². The molecule has 142 valence electrons. The predicted molar refractivity (Wildman–Crippen MR) is 102 cm³/mol. The third-order valence-corrected chi connectivity index (χ3v) is 6.80. The van der Waals surface area contributed by atoms with Gasteiger partial charge in [-0.3, -0.25) is 9.59 Å². The van der Waals surface area contributed by atoms with Crippen molar-refractivity contribution in [1.29, 1.82) is 0 Å². The average molecular weight is 407 g/mol. The molecule has 0 atom stereocenters. The van der Waals surface area contributed by atoms with E-state index in [9.17, 15) is 18.0 Å². The molecule has 0 fully saturated rings. The quantitative estimate of drug-likeness (QED) is 0.764. The van der Waals surface area contributed by atoms with Gasteiger partial charge in [-0.25, -0.2) is 12.7 Å². The number of carbonyl (C=O) groups excluding carboxylic acids is 2. The molecule has 2 aromatic rings. The summed E-state index contributed by atoms with van der Waals surface area (Å²) >= 11 is 6.18. The van der Waals surface area contributed by atoms with Gasteiger partial charge in [0.05, 0.1) is 5.56 Å². The van der Waals surface area contributed by atoms with Gasteiger partial charge in [0.25, 0.3) is 21.8 Å². The summed E-state index contributed by atoms with van der Waals surface area (Å²) in [5.74, 6) is -0.882. The van der Waals surface area contributed by atoms with Gasteiger partial charge < -0.3 is 4.90 Å². The van der Waals surface area contributed by atoms with Gasteiger partial charge in [-0.1, -0.05) is 29.8 Å². The van der Waals surface area contributed by atoms with Crippen molar-refractivity contribution in [3.63, 3.8) is 0 Å². The zero-order valence-corrected chi connectivity index (χ0v) is 16.5. The molecule has 8 heteroatoms. The van der Waals surface area contributed by atoms with Crippen LogP contribution in [0.25, 0.3) is 0 Å². The van der Waals surface area contributed by atoms with Crippen LogP contribution in [-0.2, 0) is 16.6 Å². The highest BCUT2D eigenvalue weighted by Gasteiger charge is 2.40. The van der Waals surface area contributed by atoms with Gasteiger partial charge >= 0.3 is 0 Å². The van der Waals surface area contributed by atoms with Crippen LogP contribution in [0, 0.1) is 0 Å². The Hall–Kier alpha value is -2.38. The summed E-state index contributed by atoms with van der Waals surface area (Å²) < 4.78 is 25.9. The third kappa shape index (κ3) is 3.33. The molecule has 3 rings (SSSR count). The molecular weight excluding hydrogens is 388 g/mol. The van der Waals surface area contributed by atoms with E-state index in [1.54, 1.807) is 17.9 Å². The SMILES string of the molecule is CCN(Cc1ccccc1Cl)C(=O)c1ccc2c(c1)S(=O)(=O)N(CC)C2=O. The molecule has 0 bridgehead atoms. The Kier molecular flexibility index (Phi) is 5.26. The molecule has 0 unspecified atom stereocenters. The maximum Gasteiger partial charge on any atom is 0.268 e. The number of hydrogen-bond donors (Lipinski definition) is 0. The Morgan fingerprint density at radius 1 is 1.15 bits per heavy atom. The van der Waals surface area contributed by atoms with Gasteiger partial charge in [-0.15, -0.1) is 0 Å². The standard InChI is InChI=1S/C19H19ClN2O4S/c1-3-21(12-14-7-5-6-8-16(14)20)18(23)13-9-10-15-17(11-13)27(25,26)22(4-2)19(15)24/h5-11H,3-4,12H2,1-2H3. The zero-order chi connectivity index (χ0) is 19.8. The van der Waals surface area contributed by atoms with E-state index in [2.05, 4.69) is 0 Å². The van der Waals surface area contributed by atoms with Gasteiger partial charge in [0.15, 0.2) is 0 Å². The van der Waals surface area contributed by atoms with Gasteiger partial charge in [-0.2, -0.15) is 0 Å². The first-order chi connectivity index (χ1) is 12.8. The minimum Gasteiger partial charge on any atom is -0.335 e. The summed E-state index contributed by atoms with van der Waals surface area (Å²) in [6.45, 7) is 4.20. The van der Waals surface area contributed by atoms with Crippen LogP contribution in [-0.4, -0.2) is 42.5 Å². The molecule has 0 radical (unpaired) electrons. The molecule has 0 saturated heterocycles.